The fourth-order valence-corrected chi connectivity index (χ4v) is 5.76. The summed E-state index contributed by atoms with van der Waals surface area (Å²) in [6.07, 6.45) is 36.3. The van der Waals surface area contributed by atoms with Gasteiger partial charge in [-0.25, -0.2) is 0 Å². The first-order valence-corrected chi connectivity index (χ1v) is 16.6. The number of unbranched alkanes of at least 4 members (excludes halogenated alkanes) is 21. The smallest absolute Gasteiger partial charge is 0.0786 e. The fourth-order valence-electron chi connectivity index (χ4n) is 5.76. The van der Waals surface area contributed by atoms with Crippen LogP contribution in [0, 0.1) is 0 Å². The lowest BCUT2D eigenvalue weighted by molar-refractivity contribution is -0.929. The molecule has 0 spiro atoms. The van der Waals surface area contributed by atoms with Gasteiger partial charge in [0.2, 0.25) is 0 Å². The van der Waals surface area contributed by atoms with Gasteiger partial charge in [-0.15, -0.1) is 0 Å². The molecule has 0 radical (unpaired) electrons. The Morgan fingerprint density at radius 1 is 0.257 bits per heavy atom. The Labute approximate surface area is 231 Å². The maximum absolute atomic E-state index is 2.34. The van der Waals surface area contributed by atoms with Gasteiger partial charge >= 0.3 is 0 Å². The zero-order valence-electron chi connectivity index (χ0n) is 25.3. The van der Waals surface area contributed by atoms with Crippen LogP contribution in [-0.2, 0) is 0 Å². The summed E-state index contributed by atoms with van der Waals surface area (Å²) in [4.78, 5) is 0. The highest BCUT2D eigenvalue weighted by Gasteiger charge is 2.25. The number of hydrogen-bond donors (Lipinski definition) is 0. The van der Waals surface area contributed by atoms with Crippen LogP contribution in [0.15, 0.2) is 0 Å². The van der Waals surface area contributed by atoms with E-state index in [1.165, 1.54) is 191 Å². The Hall–Kier alpha value is 0.250. The van der Waals surface area contributed by atoms with Crippen LogP contribution < -0.4 is 12.4 Å². The van der Waals surface area contributed by atoms with Gasteiger partial charge in [-0.3, -0.25) is 0 Å². The third kappa shape index (κ3) is 25.7. The first-order chi connectivity index (χ1) is 16.7. The van der Waals surface area contributed by atoms with Crippen molar-refractivity contribution in [1.29, 1.82) is 0 Å². The molecular formula is C33H70ClN. The van der Waals surface area contributed by atoms with Crippen LogP contribution in [0.25, 0.3) is 0 Å². The van der Waals surface area contributed by atoms with Crippen LogP contribution in [0.3, 0.4) is 0 Å². The highest BCUT2D eigenvalue weighted by atomic mass is 35.5. The molecule has 0 aromatic carbocycles. The molecule has 0 bridgehead atoms. The van der Waals surface area contributed by atoms with Crippen molar-refractivity contribution in [3.63, 3.8) is 0 Å². The summed E-state index contributed by atoms with van der Waals surface area (Å²) in [7, 11) is 0. The molecule has 0 aromatic rings. The number of quaternary nitrogens is 1. The van der Waals surface area contributed by atoms with Gasteiger partial charge in [0.1, 0.15) is 0 Å². The molecule has 0 N–H and O–H groups in total. The average Bonchev–Trinajstić information content (AvgIpc) is 2.85. The molecule has 0 rings (SSSR count). The Morgan fingerprint density at radius 3 is 0.629 bits per heavy atom. The summed E-state index contributed by atoms with van der Waals surface area (Å²) in [5.41, 5.74) is 0. The summed E-state index contributed by atoms with van der Waals surface area (Å²) in [5.74, 6) is 0. The maximum atomic E-state index is 2.34. The second-order valence-corrected chi connectivity index (χ2v) is 11.7. The van der Waals surface area contributed by atoms with Crippen molar-refractivity contribution in [2.45, 2.75) is 188 Å². The third-order valence-corrected chi connectivity index (χ3v) is 8.19. The SMILES string of the molecule is CCCCCCCCC[N+](CCCCCCCC)(CCCCCCCC)CCCCCCCC.[Cl-]. The monoisotopic (exact) mass is 516 g/mol. The maximum Gasteiger partial charge on any atom is 0.0786 e. The molecule has 0 fully saturated rings. The van der Waals surface area contributed by atoms with Crippen molar-refractivity contribution in [3.05, 3.63) is 0 Å². The van der Waals surface area contributed by atoms with Crippen molar-refractivity contribution in [3.8, 4) is 0 Å². The van der Waals surface area contributed by atoms with E-state index >= 15 is 0 Å². The summed E-state index contributed by atoms with van der Waals surface area (Å²) >= 11 is 0. The molecule has 0 aliphatic rings. The molecule has 35 heavy (non-hydrogen) atoms. The lowest BCUT2D eigenvalue weighted by Crippen LogP contribution is -3.00. The quantitative estimate of drug-likeness (QED) is 0.0690. The van der Waals surface area contributed by atoms with Crippen molar-refractivity contribution in [2.24, 2.45) is 0 Å². The summed E-state index contributed by atoms with van der Waals surface area (Å²) < 4.78 is 1.48. The lowest BCUT2D eigenvalue weighted by atomic mass is 10.0. The highest BCUT2D eigenvalue weighted by molar-refractivity contribution is 4.55. The van der Waals surface area contributed by atoms with Gasteiger partial charge in [-0.1, -0.05) is 137 Å². The molecule has 0 aliphatic heterocycles. The molecular weight excluding hydrogens is 446 g/mol. The van der Waals surface area contributed by atoms with Gasteiger partial charge in [-0.2, -0.15) is 0 Å². The average molecular weight is 516 g/mol. The Balaban J connectivity index is 0. The highest BCUT2D eigenvalue weighted by Crippen LogP contribution is 2.20. The van der Waals surface area contributed by atoms with E-state index in [1.54, 1.807) is 0 Å². The van der Waals surface area contributed by atoms with Crippen LogP contribution >= 0.6 is 0 Å². The van der Waals surface area contributed by atoms with E-state index in [-0.39, 0.29) is 12.4 Å². The van der Waals surface area contributed by atoms with Crippen molar-refractivity contribution in [1.82, 2.24) is 0 Å². The van der Waals surface area contributed by atoms with E-state index in [9.17, 15) is 0 Å². The van der Waals surface area contributed by atoms with Crippen LogP contribution in [0.4, 0.5) is 0 Å². The minimum absolute atomic E-state index is 0. The van der Waals surface area contributed by atoms with Gasteiger partial charge < -0.3 is 16.9 Å². The number of rotatable bonds is 29. The van der Waals surface area contributed by atoms with Crippen LogP contribution in [-0.4, -0.2) is 30.7 Å². The molecule has 1 nitrogen and oxygen atoms in total. The van der Waals surface area contributed by atoms with E-state index in [4.69, 9.17) is 0 Å². The predicted molar refractivity (Wildman–Crippen MR) is 158 cm³/mol. The van der Waals surface area contributed by atoms with Crippen molar-refractivity contribution >= 4 is 0 Å². The minimum Gasteiger partial charge on any atom is -1.00 e. The topological polar surface area (TPSA) is 0 Å². The van der Waals surface area contributed by atoms with Crippen LogP contribution in [0.2, 0.25) is 0 Å². The first kappa shape index (κ1) is 37.4. The molecule has 0 atom stereocenters. The van der Waals surface area contributed by atoms with Gasteiger partial charge in [0.05, 0.1) is 26.2 Å². The molecule has 2 heteroatoms. The van der Waals surface area contributed by atoms with Gasteiger partial charge in [0, 0.05) is 0 Å². The standard InChI is InChI=1S/C33H70N.ClH/c1-5-9-13-17-21-25-29-33-34(30-26-22-18-14-10-6-2,31-27-23-19-15-11-7-3)32-28-24-20-16-12-8-4;/h5-33H2,1-4H3;1H/q+1;/p-1. The Kier molecular flexibility index (Phi) is 32.6. The van der Waals surface area contributed by atoms with Crippen LogP contribution in [0.1, 0.15) is 188 Å². The van der Waals surface area contributed by atoms with Crippen molar-refractivity contribution in [2.75, 3.05) is 26.2 Å². The number of nitrogens with zero attached hydrogens (tertiary/aromatic N) is 1. The summed E-state index contributed by atoms with van der Waals surface area (Å²) in [6, 6.07) is 0. The molecule has 0 heterocycles. The van der Waals surface area contributed by atoms with E-state index in [2.05, 4.69) is 27.7 Å². The van der Waals surface area contributed by atoms with E-state index < -0.39 is 0 Å². The van der Waals surface area contributed by atoms with Gasteiger partial charge in [0.15, 0.2) is 0 Å². The largest absolute Gasteiger partial charge is 1.00 e. The van der Waals surface area contributed by atoms with E-state index in [1.807, 2.05) is 0 Å². The fraction of sp³-hybridized carbons (Fsp3) is 1.00. The predicted octanol–water partition coefficient (Wildman–Crippen LogP) is 8.64. The zero-order valence-corrected chi connectivity index (χ0v) is 26.1. The molecule has 214 valence electrons. The first-order valence-electron chi connectivity index (χ1n) is 16.6. The summed E-state index contributed by atoms with van der Waals surface area (Å²) in [6.45, 7) is 15.3. The molecule has 0 aliphatic carbocycles. The third-order valence-electron chi connectivity index (χ3n) is 8.19. The normalized spacial score (nSPS) is 11.7. The van der Waals surface area contributed by atoms with E-state index in [0.717, 1.165) is 0 Å². The van der Waals surface area contributed by atoms with Crippen LogP contribution in [0.5, 0.6) is 0 Å². The molecule has 0 saturated carbocycles. The van der Waals surface area contributed by atoms with Gasteiger partial charge in [-0.05, 0) is 51.4 Å². The molecule has 0 unspecified atom stereocenters. The van der Waals surface area contributed by atoms with E-state index in [0.29, 0.717) is 0 Å². The van der Waals surface area contributed by atoms with Gasteiger partial charge in [0.25, 0.3) is 0 Å². The second kappa shape index (κ2) is 30.5. The second-order valence-electron chi connectivity index (χ2n) is 11.7. The Bertz CT molecular complexity index is 329. The molecule has 0 aromatic heterocycles. The Morgan fingerprint density at radius 2 is 0.429 bits per heavy atom. The number of hydrogen-bond acceptors (Lipinski definition) is 0. The lowest BCUT2D eigenvalue weighted by Gasteiger charge is -2.40. The summed E-state index contributed by atoms with van der Waals surface area (Å²) in [5, 5.41) is 0. The molecule has 0 amide bonds. The zero-order chi connectivity index (χ0) is 25.0. The van der Waals surface area contributed by atoms with Crippen molar-refractivity contribution < 1.29 is 16.9 Å². The minimum atomic E-state index is 0. The number of halogens is 1. The molecule has 0 saturated heterocycles.